The first-order chi connectivity index (χ1) is 11.6. The molecule has 1 aromatic carbocycles. The molecule has 1 aromatic rings. The molecule has 1 heterocycles. The highest BCUT2D eigenvalue weighted by Gasteiger charge is 2.33. The van der Waals surface area contributed by atoms with E-state index in [4.69, 9.17) is 4.74 Å². The summed E-state index contributed by atoms with van der Waals surface area (Å²) in [6, 6.07) is 4.72. The zero-order chi connectivity index (χ0) is 18.7. The number of carbonyl (C=O) groups is 1. The van der Waals surface area contributed by atoms with Gasteiger partial charge in [-0.25, -0.2) is 9.18 Å². The number of hydrogen-bond donors (Lipinski definition) is 1. The van der Waals surface area contributed by atoms with Gasteiger partial charge >= 0.3 is 6.09 Å². The number of amides is 1. The van der Waals surface area contributed by atoms with Crippen LogP contribution in [0, 0.1) is 11.2 Å². The molecule has 0 bridgehead atoms. The Balaban J connectivity index is 1.80. The minimum absolute atomic E-state index is 0.123. The van der Waals surface area contributed by atoms with Crippen molar-refractivity contribution in [3.63, 3.8) is 0 Å². The Morgan fingerprint density at radius 3 is 2.60 bits per heavy atom. The molecule has 1 aliphatic rings. The first kappa shape index (κ1) is 20.2. The molecule has 1 aliphatic heterocycles. The van der Waals surface area contributed by atoms with E-state index >= 15 is 0 Å². The fraction of sp³-hybridized carbons (Fsp3) is 0.632. The molecular formula is C19H28BrFN2O2. The molecule has 140 valence electrons. The number of rotatable bonds is 4. The lowest BCUT2D eigenvalue weighted by Gasteiger charge is -2.40. The van der Waals surface area contributed by atoms with Gasteiger partial charge in [0.2, 0.25) is 0 Å². The quantitative estimate of drug-likeness (QED) is 0.774. The summed E-state index contributed by atoms with van der Waals surface area (Å²) in [5, 5.41) is 3.43. The summed E-state index contributed by atoms with van der Waals surface area (Å²) in [6.07, 6.45) is 1.61. The Labute approximate surface area is 158 Å². The molecule has 0 aromatic heterocycles. The van der Waals surface area contributed by atoms with Gasteiger partial charge < -0.3 is 15.0 Å². The van der Waals surface area contributed by atoms with Gasteiger partial charge in [0.25, 0.3) is 0 Å². The lowest BCUT2D eigenvalue weighted by molar-refractivity contribution is 0.0119. The Kier molecular flexibility index (Phi) is 6.49. The van der Waals surface area contributed by atoms with Crippen molar-refractivity contribution in [2.75, 3.05) is 19.6 Å². The zero-order valence-corrected chi connectivity index (χ0v) is 17.1. The van der Waals surface area contributed by atoms with E-state index in [1.807, 2.05) is 20.8 Å². The summed E-state index contributed by atoms with van der Waals surface area (Å²) in [4.78, 5) is 13.9. The van der Waals surface area contributed by atoms with Gasteiger partial charge in [-0.3, -0.25) is 0 Å². The molecule has 1 amide bonds. The van der Waals surface area contributed by atoms with Gasteiger partial charge in [-0.05, 0) is 62.8 Å². The highest BCUT2D eigenvalue weighted by molar-refractivity contribution is 9.10. The minimum atomic E-state index is -0.461. The average molecular weight is 415 g/mol. The van der Waals surface area contributed by atoms with Crippen LogP contribution in [-0.4, -0.2) is 36.2 Å². The van der Waals surface area contributed by atoms with E-state index in [9.17, 15) is 9.18 Å². The van der Waals surface area contributed by atoms with Crippen molar-refractivity contribution < 1.29 is 13.9 Å². The van der Waals surface area contributed by atoms with E-state index in [1.165, 1.54) is 6.07 Å². The third-order valence-corrected chi connectivity index (χ3v) is 5.27. The van der Waals surface area contributed by atoms with Crippen LogP contribution >= 0.6 is 15.9 Å². The second-order valence-corrected chi connectivity index (χ2v) is 8.97. The molecule has 0 radical (unpaired) electrons. The lowest BCUT2D eigenvalue weighted by Crippen LogP contribution is -2.47. The standard InChI is InChI=1S/C19H28BrFN2O2/c1-18(2,3)25-17(24)23-9-7-19(4,8-10-23)13-22-12-14-11-15(21)5-6-16(14)20/h5-6,11,22H,7-10,12-13H2,1-4H3. The molecular weight excluding hydrogens is 387 g/mol. The van der Waals surface area contributed by atoms with Crippen molar-refractivity contribution in [2.24, 2.45) is 5.41 Å². The van der Waals surface area contributed by atoms with Gasteiger partial charge in [0.05, 0.1) is 0 Å². The van der Waals surface area contributed by atoms with Crippen LogP contribution in [0.3, 0.4) is 0 Å². The van der Waals surface area contributed by atoms with E-state index in [1.54, 1.807) is 17.0 Å². The van der Waals surface area contributed by atoms with Gasteiger partial charge in [0, 0.05) is 30.7 Å². The van der Waals surface area contributed by atoms with Crippen LogP contribution in [0.4, 0.5) is 9.18 Å². The van der Waals surface area contributed by atoms with Gasteiger partial charge in [-0.2, -0.15) is 0 Å². The molecule has 0 aliphatic carbocycles. The topological polar surface area (TPSA) is 41.6 Å². The molecule has 1 N–H and O–H groups in total. The second kappa shape index (κ2) is 8.04. The maximum atomic E-state index is 13.3. The Morgan fingerprint density at radius 2 is 2.00 bits per heavy atom. The number of ether oxygens (including phenoxy) is 1. The van der Waals surface area contributed by atoms with Crippen LogP contribution in [0.1, 0.15) is 46.1 Å². The van der Waals surface area contributed by atoms with Crippen molar-refractivity contribution in [1.82, 2.24) is 10.2 Å². The van der Waals surface area contributed by atoms with Gasteiger partial charge in [0.15, 0.2) is 0 Å². The number of benzene rings is 1. The van der Waals surface area contributed by atoms with Crippen molar-refractivity contribution >= 4 is 22.0 Å². The lowest BCUT2D eigenvalue weighted by atomic mass is 9.80. The van der Waals surface area contributed by atoms with Gasteiger partial charge in [0.1, 0.15) is 11.4 Å². The van der Waals surface area contributed by atoms with Gasteiger partial charge in [-0.1, -0.05) is 22.9 Å². The third-order valence-electron chi connectivity index (χ3n) is 4.50. The predicted octanol–water partition coefficient (Wildman–Crippen LogP) is 4.72. The fourth-order valence-corrected chi connectivity index (χ4v) is 3.30. The fourth-order valence-electron chi connectivity index (χ4n) is 2.91. The predicted molar refractivity (Wildman–Crippen MR) is 101 cm³/mol. The summed E-state index contributed by atoms with van der Waals surface area (Å²) in [5.41, 5.74) is 0.575. The summed E-state index contributed by atoms with van der Waals surface area (Å²) < 4.78 is 19.7. The number of piperidine rings is 1. The van der Waals surface area contributed by atoms with Gasteiger partial charge in [-0.15, -0.1) is 0 Å². The van der Waals surface area contributed by atoms with Crippen molar-refractivity contribution in [3.05, 3.63) is 34.1 Å². The number of nitrogens with zero attached hydrogens (tertiary/aromatic N) is 1. The number of halogens is 2. The first-order valence-electron chi connectivity index (χ1n) is 8.71. The monoisotopic (exact) mass is 414 g/mol. The molecule has 6 heteroatoms. The van der Waals surface area contributed by atoms with Crippen LogP contribution in [0.15, 0.2) is 22.7 Å². The van der Waals surface area contributed by atoms with Crippen molar-refractivity contribution in [1.29, 1.82) is 0 Å². The van der Waals surface area contributed by atoms with E-state index < -0.39 is 5.60 Å². The smallest absolute Gasteiger partial charge is 0.410 e. The van der Waals surface area contributed by atoms with E-state index in [-0.39, 0.29) is 17.3 Å². The average Bonchev–Trinajstić information content (AvgIpc) is 2.49. The highest BCUT2D eigenvalue weighted by atomic mass is 79.9. The number of hydrogen-bond acceptors (Lipinski definition) is 3. The van der Waals surface area contributed by atoms with E-state index in [2.05, 4.69) is 28.2 Å². The molecule has 4 nitrogen and oxygen atoms in total. The van der Waals surface area contributed by atoms with Crippen LogP contribution in [0.25, 0.3) is 0 Å². The summed E-state index contributed by atoms with van der Waals surface area (Å²) in [7, 11) is 0. The molecule has 0 spiro atoms. The largest absolute Gasteiger partial charge is 0.444 e. The second-order valence-electron chi connectivity index (χ2n) is 8.12. The van der Waals surface area contributed by atoms with E-state index in [0.29, 0.717) is 19.6 Å². The molecule has 1 fully saturated rings. The summed E-state index contributed by atoms with van der Waals surface area (Å²) in [6.45, 7) is 10.7. The zero-order valence-electron chi connectivity index (χ0n) is 15.5. The summed E-state index contributed by atoms with van der Waals surface area (Å²) in [5.74, 6) is -0.225. The Hall–Kier alpha value is -1.14. The van der Waals surface area contributed by atoms with Crippen LogP contribution < -0.4 is 5.32 Å². The van der Waals surface area contributed by atoms with Crippen LogP contribution in [0.2, 0.25) is 0 Å². The molecule has 1 saturated heterocycles. The highest BCUT2D eigenvalue weighted by Crippen LogP contribution is 2.31. The summed E-state index contributed by atoms with van der Waals surface area (Å²) >= 11 is 3.45. The number of likely N-dealkylation sites (tertiary alicyclic amines) is 1. The Morgan fingerprint density at radius 1 is 1.36 bits per heavy atom. The minimum Gasteiger partial charge on any atom is -0.444 e. The first-order valence-corrected chi connectivity index (χ1v) is 9.50. The molecule has 0 atom stereocenters. The molecule has 0 unspecified atom stereocenters. The van der Waals surface area contributed by atoms with E-state index in [0.717, 1.165) is 29.4 Å². The number of carbonyl (C=O) groups excluding carboxylic acids is 1. The van der Waals surface area contributed by atoms with Crippen LogP contribution in [0.5, 0.6) is 0 Å². The SMILES string of the molecule is CC1(CNCc2cc(F)ccc2Br)CCN(C(=O)OC(C)(C)C)CC1. The molecule has 0 saturated carbocycles. The maximum absolute atomic E-state index is 13.3. The van der Waals surface area contributed by atoms with Crippen LogP contribution in [-0.2, 0) is 11.3 Å². The third kappa shape index (κ3) is 6.26. The van der Waals surface area contributed by atoms with Crippen molar-refractivity contribution in [2.45, 2.75) is 52.7 Å². The maximum Gasteiger partial charge on any atom is 0.410 e. The Bertz CT molecular complexity index is 608. The molecule has 2 rings (SSSR count). The normalized spacial score (nSPS) is 17.4. The molecule has 25 heavy (non-hydrogen) atoms. The van der Waals surface area contributed by atoms with Crippen molar-refractivity contribution in [3.8, 4) is 0 Å². The number of nitrogens with one attached hydrogen (secondary N) is 1.